The molecular formula is C23H19FN6O2. The van der Waals surface area contributed by atoms with Gasteiger partial charge in [-0.05, 0) is 62.4 Å². The minimum Gasteiger partial charge on any atom is -0.464 e. The Morgan fingerprint density at radius 1 is 1.12 bits per heavy atom. The summed E-state index contributed by atoms with van der Waals surface area (Å²) in [6.45, 7) is 3.63. The van der Waals surface area contributed by atoms with E-state index in [-0.39, 0.29) is 11.7 Å². The molecule has 1 amide bonds. The molecule has 0 saturated heterocycles. The number of hydrogen-bond acceptors (Lipinski definition) is 6. The van der Waals surface area contributed by atoms with Crippen LogP contribution >= 0.6 is 0 Å². The van der Waals surface area contributed by atoms with Gasteiger partial charge in [0.15, 0.2) is 5.82 Å². The summed E-state index contributed by atoms with van der Waals surface area (Å²) in [5.74, 6) is 1.87. The predicted molar refractivity (Wildman–Crippen MR) is 116 cm³/mol. The topological polar surface area (TPSA) is 97.9 Å². The van der Waals surface area contributed by atoms with Crippen LogP contribution in [0.15, 0.2) is 76.5 Å². The van der Waals surface area contributed by atoms with Crippen LogP contribution in [0.5, 0.6) is 0 Å². The van der Waals surface area contributed by atoms with Crippen LogP contribution in [-0.4, -0.2) is 25.7 Å². The summed E-state index contributed by atoms with van der Waals surface area (Å²) >= 11 is 0. The van der Waals surface area contributed by atoms with E-state index in [0.717, 1.165) is 0 Å². The Labute approximate surface area is 182 Å². The van der Waals surface area contributed by atoms with Crippen molar-refractivity contribution < 1.29 is 13.6 Å². The molecule has 0 spiro atoms. The SMILES string of the molecule is CC1=C(C(=O)Nc2ccccn2)C(c2ccc(C)o2)n2nc(-c3ccc(F)cc3)nc2N1. The van der Waals surface area contributed by atoms with Gasteiger partial charge in [-0.1, -0.05) is 6.07 Å². The molecule has 9 heteroatoms. The van der Waals surface area contributed by atoms with Gasteiger partial charge in [0.1, 0.15) is 29.2 Å². The molecule has 2 N–H and O–H groups in total. The number of hydrogen-bond donors (Lipinski definition) is 2. The molecule has 0 fully saturated rings. The molecule has 1 unspecified atom stereocenters. The van der Waals surface area contributed by atoms with Gasteiger partial charge in [-0.15, -0.1) is 5.10 Å². The van der Waals surface area contributed by atoms with Crippen LogP contribution in [-0.2, 0) is 4.79 Å². The Bertz CT molecular complexity index is 1320. The number of furan rings is 1. The standard InChI is InChI=1S/C23H19FN6O2/c1-13-6-11-17(32-13)20-19(22(31)27-18-5-3-4-12-25-18)14(2)26-23-28-21(29-30(20)23)15-7-9-16(24)10-8-15/h3-12,20H,1-2H3,(H,25,27,31)(H,26,28,29). The summed E-state index contributed by atoms with van der Waals surface area (Å²) in [4.78, 5) is 22.0. The van der Waals surface area contributed by atoms with Crippen LogP contribution in [0.25, 0.3) is 11.4 Å². The van der Waals surface area contributed by atoms with Crippen LogP contribution < -0.4 is 10.6 Å². The summed E-state index contributed by atoms with van der Waals surface area (Å²) in [5, 5.41) is 10.6. The van der Waals surface area contributed by atoms with Gasteiger partial charge >= 0.3 is 0 Å². The highest BCUT2D eigenvalue weighted by atomic mass is 19.1. The summed E-state index contributed by atoms with van der Waals surface area (Å²) in [6, 6.07) is 14.2. The molecule has 32 heavy (non-hydrogen) atoms. The van der Waals surface area contributed by atoms with Crippen molar-refractivity contribution >= 4 is 17.7 Å². The van der Waals surface area contributed by atoms with Gasteiger partial charge in [0.25, 0.3) is 5.91 Å². The van der Waals surface area contributed by atoms with E-state index in [4.69, 9.17) is 4.42 Å². The number of fused-ring (bicyclic) bond motifs is 1. The molecule has 0 aliphatic carbocycles. The Morgan fingerprint density at radius 3 is 2.62 bits per heavy atom. The maximum Gasteiger partial charge on any atom is 0.257 e. The number of halogens is 1. The number of allylic oxidation sites excluding steroid dienone is 1. The van der Waals surface area contributed by atoms with Crippen LogP contribution in [0.3, 0.4) is 0 Å². The van der Waals surface area contributed by atoms with E-state index in [1.54, 1.807) is 48.1 Å². The molecule has 3 aromatic heterocycles. The first-order valence-corrected chi connectivity index (χ1v) is 9.98. The van der Waals surface area contributed by atoms with Crippen LogP contribution in [0.2, 0.25) is 0 Å². The molecule has 4 aromatic rings. The minimum atomic E-state index is -0.648. The van der Waals surface area contributed by atoms with E-state index in [1.807, 2.05) is 19.1 Å². The summed E-state index contributed by atoms with van der Waals surface area (Å²) in [7, 11) is 0. The maximum atomic E-state index is 13.4. The molecule has 0 radical (unpaired) electrons. The van der Waals surface area contributed by atoms with Gasteiger partial charge in [0.05, 0.1) is 5.57 Å². The lowest BCUT2D eigenvalue weighted by Gasteiger charge is -2.27. The number of aromatic nitrogens is 4. The van der Waals surface area contributed by atoms with E-state index in [9.17, 15) is 9.18 Å². The molecule has 1 aliphatic heterocycles. The second kappa shape index (κ2) is 7.77. The van der Waals surface area contributed by atoms with Crippen molar-refractivity contribution in [3.05, 3.63) is 89.4 Å². The van der Waals surface area contributed by atoms with Gasteiger partial charge in [-0.3, -0.25) is 4.79 Å². The lowest BCUT2D eigenvalue weighted by atomic mass is 10.00. The van der Waals surface area contributed by atoms with E-state index in [0.29, 0.717) is 45.9 Å². The number of pyridine rings is 1. The van der Waals surface area contributed by atoms with Gasteiger partial charge in [0.2, 0.25) is 5.95 Å². The second-order valence-corrected chi connectivity index (χ2v) is 7.39. The van der Waals surface area contributed by atoms with Gasteiger partial charge in [0, 0.05) is 17.5 Å². The fourth-order valence-electron chi connectivity index (χ4n) is 3.65. The second-order valence-electron chi connectivity index (χ2n) is 7.39. The smallest absolute Gasteiger partial charge is 0.257 e. The summed E-state index contributed by atoms with van der Waals surface area (Å²) < 4.78 is 20.9. The van der Waals surface area contributed by atoms with Crippen molar-refractivity contribution in [3.8, 4) is 11.4 Å². The largest absolute Gasteiger partial charge is 0.464 e. The summed E-state index contributed by atoms with van der Waals surface area (Å²) in [6.07, 6.45) is 1.61. The zero-order valence-corrected chi connectivity index (χ0v) is 17.3. The number of amides is 1. The maximum absolute atomic E-state index is 13.4. The molecule has 1 atom stereocenters. The fourth-order valence-corrected chi connectivity index (χ4v) is 3.65. The Hall–Kier alpha value is -4.27. The first-order chi connectivity index (χ1) is 15.5. The molecule has 160 valence electrons. The molecule has 5 rings (SSSR count). The number of rotatable bonds is 4. The molecular weight excluding hydrogens is 411 g/mol. The van der Waals surface area contributed by atoms with Gasteiger partial charge in [-0.25, -0.2) is 14.1 Å². The van der Waals surface area contributed by atoms with Crippen molar-refractivity contribution in [1.29, 1.82) is 0 Å². The Balaban J connectivity index is 1.59. The third-order valence-corrected chi connectivity index (χ3v) is 5.14. The number of nitrogens with one attached hydrogen (secondary N) is 2. The average molecular weight is 430 g/mol. The number of nitrogens with zero attached hydrogens (tertiary/aromatic N) is 4. The first kappa shape index (κ1) is 19.7. The Kier molecular flexibility index (Phi) is 4.78. The lowest BCUT2D eigenvalue weighted by molar-refractivity contribution is -0.113. The van der Waals surface area contributed by atoms with E-state index < -0.39 is 6.04 Å². The van der Waals surface area contributed by atoms with Gasteiger partial charge in [-0.2, -0.15) is 4.98 Å². The van der Waals surface area contributed by atoms with Crippen LogP contribution in [0.1, 0.15) is 24.5 Å². The highest BCUT2D eigenvalue weighted by Gasteiger charge is 2.36. The fraction of sp³-hybridized carbons (Fsp3) is 0.130. The number of aryl methyl sites for hydroxylation is 1. The number of carbonyl (C=O) groups excluding carboxylic acids is 1. The molecule has 0 bridgehead atoms. The minimum absolute atomic E-state index is 0.336. The highest BCUT2D eigenvalue weighted by Crippen LogP contribution is 2.37. The third kappa shape index (κ3) is 3.53. The van der Waals surface area contributed by atoms with Crippen molar-refractivity contribution in [3.63, 3.8) is 0 Å². The zero-order valence-electron chi connectivity index (χ0n) is 17.3. The lowest BCUT2D eigenvalue weighted by Crippen LogP contribution is -2.31. The molecule has 1 aliphatic rings. The third-order valence-electron chi connectivity index (χ3n) is 5.14. The number of carbonyl (C=O) groups is 1. The van der Waals surface area contributed by atoms with Crippen molar-refractivity contribution in [1.82, 2.24) is 19.7 Å². The van der Waals surface area contributed by atoms with Crippen molar-refractivity contribution in [2.45, 2.75) is 19.9 Å². The van der Waals surface area contributed by atoms with Crippen LogP contribution in [0, 0.1) is 12.7 Å². The van der Waals surface area contributed by atoms with Gasteiger partial charge < -0.3 is 15.1 Å². The highest BCUT2D eigenvalue weighted by molar-refractivity contribution is 6.05. The number of benzene rings is 1. The van der Waals surface area contributed by atoms with Crippen molar-refractivity contribution in [2.75, 3.05) is 10.6 Å². The molecule has 4 heterocycles. The quantitative estimate of drug-likeness (QED) is 0.501. The number of anilines is 2. The van der Waals surface area contributed by atoms with E-state index in [1.165, 1.54) is 12.1 Å². The summed E-state index contributed by atoms with van der Waals surface area (Å²) in [5.41, 5.74) is 1.69. The molecule has 1 aromatic carbocycles. The normalized spacial score (nSPS) is 15.3. The molecule has 0 saturated carbocycles. The van der Waals surface area contributed by atoms with E-state index in [2.05, 4.69) is 25.7 Å². The monoisotopic (exact) mass is 430 g/mol. The average Bonchev–Trinajstić information content (AvgIpc) is 3.40. The zero-order chi connectivity index (χ0) is 22.2. The predicted octanol–water partition coefficient (Wildman–Crippen LogP) is 4.31. The van der Waals surface area contributed by atoms with E-state index >= 15 is 0 Å². The first-order valence-electron chi connectivity index (χ1n) is 9.98. The Morgan fingerprint density at radius 2 is 1.94 bits per heavy atom. The van der Waals surface area contributed by atoms with Crippen molar-refractivity contribution in [2.24, 2.45) is 0 Å². The van der Waals surface area contributed by atoms with Crippen LogP contribution in [0.4, 0.5) is 16.2 Å². The molecule has 8 nitrogen and oxygen atoms in total.